The van der Waals surface area contributed by atoms with E-state index in [0.29, 0.717) is 0 Å². The lowest BCUT2D eigenvalue weighted by atomic mass is 9.84. The Kier molecular flexibility index (Phi) is 2.61. The van der Waals surface area contributed by atoms with Crippen molar-refractivity contribution in [2.75, 3.05) is 0 Å². The molecule has 5 nitrogen and oxygen atoms in total. The molecule has 0 fully saturated rings. The fourth-order valence-electron chi connectivity index (χ4n) is 2.63. The molecule has 104 valence electrons. The third-order valence-corrected chi connectivity index (χ3v) is 3.64. The summed E-state index contributed by atoms with van der Waals surface area (Å²) in [6.07, 6.45) is -2.34. The zero-order chi connectivity index (χ0) is 14.7. The van der Waals surface area contributed by atoms with E-state index in [2.05, 4.69) is 0 Å². The second-order valence-corrected chi connectivity index (χ2v) is 5.58. The average molecular weight is 274 g/mol. The summed E-state index contributed by atoms with van der Waals surface area (Å²) in [5.74, 6) is -0.997. The van der Waals surface area contributed by atoms with Crippen molar-refractivity contribution in [3.63, 3.8) is 0 Å². The highest BCUT2D eigenvalue weighted by atomic mass is 16.5. The maximum Gasteiger partial charge on any atom is 0.228 e. The molecule has 3 rings (SSSR count). The molecule has 0 unspecified atom stereocenters. The molecule has 0 saturated carbocycles. The van der Waals surface area contributed by atoms with Crippen LogP contribution in [-0.2, 0) is 4.74 Å². The maximum absolute atomic E-state index is 12.4. The van der Waals surface area contributed by atoms with Gasteiger partial charge in [0.25, 0.3) is 0 Å². The smallest absolute Gasteiger partial charge is 0.228 e. The van der Waals surface area contributed by atoms with Gasteiger partial charge in [0.05, 0.1) is 11.2 Å². The van der Waals surface area contributed by atoms with Crippen LogP contribution in [0.25, 0.3) is 0 Å². The van der Waals surface area contributed by atoms with Gasteiger partial charge in [-0.3, -0.25) is 9.59 Å². The van der Waals surface area contributed by atoms with E-state index in [1.54, 1.807) is 24.3 Å². The Labute approximate surface area is 115 Å². The van der Waals surface area contributed by atoms with Crippen LogP contribution in [0.1, 0.15) is 34.6 Å². The fraction of sp³-hybridized carbons (Fsp3) is 0.333. The molecule has 0 amide bonds. The first-order valence-electron chi connectivity index (χ1n) is 6.32. The molecule has 20 heavy (non-hydrogen) atoms. The van der Waals surface area contributed by atoms with Gasteiger partial charge in [-0.2, -0.15) is 0 Å². The SMILES string of the molecule is CC(C)(O)[C@H]1OC2=C(C(=O)c3ccccc3C2=O)[C@@H]1O. The van der Waals surface area contributed by atoms with Crippen LogP contribution in [0.2, 0.25) is 0 Å². The molecule has 0 radical (unpaired) electrons. The van der Waals surface area contributed by atoms with Crippen molar-refractivity contribution in [1.29, 1.82) is 0 Å². The molecule has 1 heterocycles. The van der Waals surface area contributed by atoms with Crippen molar-refractivity contribution in [3.05, 3.63) is 46.7 Å². The van der Waals surface area contributed by atoms with E-state index in [0.717, 1.165) is 0 Å². The molecule has 2 N–H and O–H groups in total. The number of aliphatic hydroxyl groups is 2. The van der Waals surface area contributed by atoms with Crippen molar-refractivity contribution >= 4 is 11.6 Å². The van der Waals surface area contributed by atoms with Crippen LogP contribution in [0.15, 0.2) is 35.6 Å². The summed E-state index contributed by atoms with van der Waals surface area (Å²) in [7, 11) is 0. The molecule has 2 aliphatic rings. The molecular weight excluding hydrogens is 260 g/mol. The normalized spacial score (nSPS) is 25.4. The van der Waals surface area contributed by atoms with Crippen LogP contribution in [0, 0.1) is 0 Å². The Bertz CT molecular complexity index is 650. The maximum atomic E-state index is 12.4. The Balaban J connectivity index is 2.11. The number of rotatable bonds is 1. The first-order chi connectivity index (χ1) is 9.32. The number of carbonyl (C=O) groups excluding carboxylic acids is 2. The number of hydrogen-bond acceptors (Lipinski definition) is 5. The number of carbonyl (C=O) groups is 2. The number of ether oxygens (including phenoxy) is 1. The van der Waals surface area contributed by atoms with Crippen molar-refractivity contribution in [2.45, 2.75) is 31.7 Å². The number of fused-ring (bicyclic) bond motifs is 1. The predicted molar refractivity (Wildman–Crippen MR) is 69.3 cm³/mol. The fourth-order valence-corrected chi connectivity index (χ4v) is 2.63. The van der Waals surface area contributed by atoms with E-state index < -0.39 is 29.4 Å². The molecule has 1 aliphatic heterocycles. The second kappa shape index (κ2) is 4.01. The predicted octanol–water partition coefficient (Wildman–Crippen LogP) is 0.850. The van der Waals surface area contributed by atoms with Gasteiger partial charge in [-0.15, -0.1) is 0 Å². The summed E-state index contributed by atoms with van der Waals surface area (Å²) in [4.78, 5) is 24.7. The molecule has 2 atom stereocenters. The number of Topliss-reactive ketones (excluding diaryl/α,β-unsaturated/α-hetero) is 2. The lowest BCUT2D eigenvalue weighted by Crippen LogP contribution is -2.44. The molecule has 1 aromatic carbocycles. The number of hydrogen-bond donors (Lipinski definition) is 2. The molecular formula is C15H14O5. The van der Waals surface area contributed by atoms with E-state index in [4.69, 9.17) is 4.74 Å². The van der Waals surface area contributed by atoms with Crippen LogP contribution in [0.3, 0.4) is 0 Å². The van der Waals surface area contributed by atoms with Crippen molar-refractivity contribution < 1.29 is 24.5 Å². The summed E-state index contributed by atoms with van der Waals surface area (Å²) >= 11 is 0. The van der Waals surface area contributed by atoms with E-state index in [9.17, 15) is 19.8 Å². The van der Waals surface area contributed by atoms with Crippen LogP contribution in [0.5, 0.6) is 0 Å². The highest BCUT2D eigenvalue weighted by Crippen LogP contribution is 2.38. The summed E-state index contributed by atoms with van der Waals surface area (Å²) in [6.45, 7) is 2.92. The Morgan fingerprint density at radius 3 is 2.20 bits per heavy atom. The largest absolute Gasteiger partial charge is 0.480 e. The highest BCUT2D eigenvalue weighted by Gasteiger charge is 2.50. The summed E-state index contributed by atoms with van der Waals surface area (Å²) in [6, 6.07) is 6.41. The third-order valence-electron chi connectivity index (χ3n) is 3.64. The van der Waals surface area contributed by atoms with Gasteiger partial charge in [0.1, 0.15) is 6.10 Å². The van der Waals surface area contributed by atoms with Gasteiger partial charge in [0, 0.05) is 11.1 Å². The Morgan fingerprint density at radius 1 is 1.10 bits per heavy atom. The minimum Gasteiger partial charge on any atom is -0.480 e. The van der Waals surface area contributed by atoms with Gasteiger partial charge in [-0.05, 0) is 13.8 Å². The first-order valence-corrected chi connectivity index (χ1v) is 6.32. The Hall–Kier alpha value is -1.98. The minimum atomic E-state index is -1.37. The minimum absolute atomic E-state index is 0.0548. The van der Waals surface area contributed by atoms with Gasteiger partial charge < -0.3 is 14.9 Å². The van der Waals surface area contributed by atoms with E-state index >= 15 is 0 Å². The lowest BCUT2D eigenvalue weighted by Gasteiger charge is -2.27. The molecule has 0 spiro atoms. The number of aliphatic hydroxyl groups excluding tert-OH is 1. The standard InChI is InChI=1S/C15H14O5/c1-15(2,19)14-12(18)9-10(16)7-5-3-4-6-8(7)11(17)13(9)20-14/h3-6,12,14,18-19H,1-2H3/t12-,14-/m0/s1. The van der Waals surface area contributed by atoms with Gasteiger partial charge >= 0.3 is 0 Å². The monoisotopic (exact) mass is 274 g/mol. The van der Waals surface area contributed by atoms with E-state index in [-0.39, 0.29) is 22.5 Å². The molecule has 0 bridgehead atoms. The van der Waals surface area contributed by atoms with E-state index in [1.165, 1.54) is 13.8 Å². The number of benzene rings is 1. The second-order valence-electron chi connectivity index (χ2n) is 5.58. The lowest BCUT2D eigenvalue weighted by molar-refractivity contribution is -0.0882. The zero-order valence-corrected chi connectivity index (χ0v) is 11.1. The van der Waals surface area contributed by atoms with Gasteiger partial charge in [-0.25, -0.2) is 0 Å². The molecule has 5 heteroatoms. The summed E-state index contributed by atoms with van der Waals surface area (Å²) < 4.78 is 5.39. The number of ketones is 2. The molecule has 1 aliphatic carbocycles. The van der Waals surface area contributed by atoms with Crippen LogP contribution < -0.4 is 0 Å². The average Bonchev–Trinajstić information content (AvgIpc) is 2.74. The molecule has 0 aromatic heterocycles. The van der Waals surface area contributed by atoms with Crippen LogP contribution >= 0.6 is 0 Å². The topological polar surface area (TPSA) is 83.8 Å². The van der Waals surface area contributed by atoms with Crippen LogP contribution in [0.4, 0.5) is 0 Å². The van der Waals surface area contributed by atoms with Gasteiger partial charge in [-0.1, -0.05) is 24.3 Å². The third kappa shape index (κ3) is 1.63. The first kappa shape index (κ1) is 13.0. The van der Waals surface area contributed by atoms with Crippen molar-refractivity contribution in [3.8, 4) is 0 Å². The van der Waals surface area contributed by atoms with Crippen molar-refractivity contribution in [2.24, 2.45) is 0 Å². The van der Waals surface area contributed by atoms with Gasteiger partial charge in [0.2, 0.25) is 5.78 Å². The zero-order valence-electron chi connectivity index (χ0n) is 11.1. The number of allylic oxidation sites excluding steroid dienone is 1. The Morgan fingerprint density at radius 2 is 1.65 bits per heavy atom. The quantitative estimate of drug-likeness (QED) is 0.793. The molecule has 1 aromatic rings. The summed E-state index contributed by atoms with van der Waals surface area (Å²) in [5, 5.41) is 20.2. The van der Waals surface area contributed by atoms with Crippen LogP contribution in [-0.4, -0.2) is 39.6 Å². The van der Waals surface area contributed by atoms with Crippen molar-refractivity contribution in [1.82, 2.24) is 0 Å². The van der Waals surface area contributed by atoms with E-state index in [1.807, 2.05) is 0 Å². The highest BCUT2D eigenvalue weighted by molar-refractivity contribution is 6.27. The van der Waals surface area contributed by atoms with Gasteiger partial charge in [0.15, 0.2) is 17.6 Å². The summed E-state index contributed by atoms with van der Waals surface area (Å²) in [5.41, 5.74) is -0.903. The molecule has 0 saturated heterocycles.